The van der Waals surface area contributed by atoms with Crippen molar-refractivity contribution >= 4 is 142 Å². The highest BCUT2D eigenvalue weighted by Crippen LogP contribution is 2.45. The number of aromatic nitrogens is 4. The summed E-state index contributed by atoms with van der Waals surface area (Å²) in [5.41, 5.74) is 17.6. The minimum absolute atomic E-state index is 0.177. The van der Waals surface area contributed by atoms with E-state index in [9.17, 15) is 19.2 Å². The molecular formula is C81H70BrCl5N10O9. The van der Waals surface area contributed by atoms with E-state index in [1.54, 1.807) is 57.9 Å². The molecule has 4 N–H and O–H groups in total. The zero-order valence-corrected chi connectivity index (χ0v) is 63.2. The van der Waals surface area contributed by atoms with E-state index in [0.29, 0.717) is 70.4 Å². The van der Waals surface area contributed by atoms with Crippen molar-refractivity contribution in [3.05, 3.63) is 273 Å². The van der Waals surface area contributed by atoms with Crippen LogP contribution >= 0.6 is 73.9 Å². The minimum atomic E-state index is -0.379. The topological polar surface area (TPSA) is 238 Å². The number of nitriles is 2. The van der Waals surface area contributed by atoms with E-state index in [0.717, 1.165) is 124 Å². The van der Waals surface area contributed by atoms with E-state index in [2.05, 4.69) is 48.0 Å². The number of carbonyl (C=O) groups excluding carboxylic acids is 4. The van der Waals surface area contributed by atoms with Gasteiger partial charge in [0.1, 0.15) is 36.5 Å². The van der Waals surface area contributed by atoms with Crippen LogP contribution in [0.1, 0.15) is 110 Å². The number of ether oxygens (including phenoxy) is 5. The molecule has 4 atom stereocenters. The predicted octanol–water partition coefficient (Wildman–Crippen LogP) is 19.7. The normalized spacial score (nSPS) is 16.3. The quantitative estimate of drug-likeness (QED) is 0.0824. The molecular weight excluding hydrogens is 1510 g/mol. The summed E-state index contributed by atoms with van der Waals surface area (Å²) in [6.45, 7) is 4.53. The Kier molecular flexibility index (Phi) is 22.8. The summed E-state index contributed by atoms with van der Waals surface area (Å²) >= 11 is 34.0. The maximum Gasteiger partial charge on any atom is 0.410 e. The molecule has 0 bridgehead atoms. The third-order valence-corrected chi connectivity index (χ3v) is 21.1. The van der Waals surface area contributed by atoms with E-state index in [4.69, 9.17) is 92.2 Å². The van der Waals surface area contributed by atoms with Crippen molar-refractivity contribution in [3.8, 4) is 17.9 Å². The minimum Gasteiger partial charge on any atom is -0.497 e. The van der Waals surface area contributed by atoms with Crippen LogP contribution in [0.25, 0.3) is 43.6 Å². The lowest BCUT2D eigenvalue weighted by atomic mass is 9.92. The molecule has 4 aliphatic rings. The van der Waals surface area contributed by atoms with Crippen molar-refractivity contribution in [2.75, 3.05) is 66.6 Å². The average molecular weight is 1580 g/mol. The van der Waals surface area contributed by atoms with Crippen LogP contribution in [0.4, 0.5) is 19.2 Å². The number of nitrogens with zero attached hydrogens (tertiary/aromatic N) is 6. The Morgan fingerprint density at radius 2 is 0.783 bits per heavy atom. The predicted molar refractivity (Wildman–Crippen MR) is 416 cm³/mol. The molecule has 16 rings (SSSR count). The number of halogens is 6. The maximum absolute atomic E-state index is 12.8. The zero-order chi connectivity index (χ0) is 74.4. The molecule has 4 unspecified atom stereocenters. The van der Waals surface area contributed by atoms with Crippen molar-refractivity contribution in [1.82, 2.24) is 39.5 Å². The second-order valence-electron chi connectivity index (χ2n) is 25.5. The lowest BCUT2D eigenvalue weighted by Gasteiger charge is -2.35. The van der Waals surface area contributed by atoms with E-state index in [1.807, 2.05) is 146 Å². The van der Waals surface area contributed by atoms with E-state index in [-0.39, 0.29) is 61.0 Å². The van der Waals surface area contributed by atoms with Crippen LogP contribution in [-0.2, 0) is 44.6 Å². The van der Waals surface area contributed by atoms with Gasteiger partial charge in [-0.1, -0.05) is 111 Å². The van der Waals surface area contributed by atoms with E-state index in [1.165, 1.54) is 30.9 Å². The summed E-state index contributed by atoms with van der Waals surface area (Å²) in [6.07, 6.45) is 1.50. The standard InChI is InChI=1S/C21H20Cl2N2O3.C21H18ClN3O2.C20H16ClN3O2.C19H16BrClN2O2/c1-27-15-4-2-3-13(11-15)20-19-16(7-9-25(20)21(26)28-10-8-22)17-12-14(23)5-6-18(17)24-19;1-2-27-21(26)25-10-9-16-17-11-15(22)7-8-18(17)24-19(16)20(25)14-5-3-13(12-23)4-6-14;1-26-20(25)24-9-8-15-16-10-14(21)6-7-17(16)23-18(15)19(24)13-4-2-12(11-22)3-5-13;1-25-19(24)23-8-7-14-15-10-13(21)5-6-16(15)22-17(14)18(23)11-3-2-4-12(20)9-11/h2-6,11-12,20,24H,7-10H2,1H3;3-8,11,20,24H,2,9-10H2,1H3;2-7,10,19,23H,8-9H2,1H3;2-6,9-10,18,22H,7-8H2,1H3. The highest BCUT2D eigenvalue weighted by molar-refractivity contribution is 9.10. The molecule has 4 amide bonds. The number of hydrogen-bond acceptors (Lipinski definition) is 11. The molecule has 0 saturated heterocycles. The Hall–Kier alpha value is -10.3. The fourth-order valence-electron chi connectivity index (χ4n) is 14.8. The Morgan fingerprint density at radius 1 is 0.443 bits per heavy atom. The molecule has 0 aliphatic carbocycles. The van der Waals surface area contributed by atoms with Crippen molar-refractivity contribution < 1.29 is 42.9 Å². The lowest BCUT2D eigenvalue weighted by Crippen LogP contribution is -2.41. The molecule has 19 nitrogen and oxygen atoms in total. The number of aromatic amines is 4. The Balaban J connectivity index is 0.000000125. The van der Waals surface area contributed by atoms with Gasteiger partial charge in [0.25, 0.3) is 0 Å². The number of amides is 4. The zero-order valence-electron chi connectivity index (χ0n) is 57.9. The van der Waals surface area contributed by atoms with Crippen molar-refractivity contribution in [2.24, 2.45) is 0 Å². The molecule has 12 aromatic rings. The first kappa shape index (κ1) is 74.0. The highest BCUT2D eigenvalue weighted by atomic mass is 79.9. The first-order chi connectivity index (χ1) is 51.4. The molecule has 540 valence electrons. The number of alkyl halides is 1. The number of H-pyrrole nitrogens is 4. The van der Waals surface area contributed by atoms with E-state index < -0.39 is 0 Å². The fraction of sp³-hybridized carbons (Fsp3) is 0.235. The Labute approximate surface area is 644 Å². The summed E-state index contributed by atoms with van der Waals surface area (Å²) in [4.78, 5) is 71.0. The summed E-state index contributed by atoms with van der Waals surface area (Å²) in [5.74, 6) is 0.998. The first-order valence-corrected chi connectivity index (χ1v) is 37.0. The third-order valence-electron chi connectivity index (χ3n) is 19.5. The van der Waals surface area contributed by atoms with Crippen LogP contribution in [0.2, 0.25) is 20.1 Å². The van der Waals surface area contributed by atoms with Crippen LogP contribution < -0.4 is 4.74 Å². The number of carbonyl (C=O) groups is 4. The van der Waals surface area contributed by atoms with Crippen molar-refractivity contribution in [3.63, 3.8) is 0 Å². The summed E-state index contributed by atoms with van der Waals surface area (Å²) in [5, 5.41) is 25.3. The van der Waals surface area contributed by atoms with Gasteiger partial charge >= 0.3 is 24.4 Å². The van der Waals surface area contributed by atoms with Gasteiger partial charge in [0.05, 0.1) is 57.1 Å². The number of rotatable bonds is 8. The molecule has 4 aromatic heterocycles. The SMILES string of the molecule is CCOC(=O)N1CCc2c([nH]c3ccc(Cl)cc23)C1c1ccc(C#N)cc1.COC(=O)N1CCc2c([nH]c3ccc(Cl)cc23)C1c1ccc(C#N)cc1.COC(=O)N1CCc2c([nH]c3ccc(Cl)cc23)C1c1cccc(Br)c1.COc1cccc(C2c3[nH]c4ccc(Cl)cc4c3CCN2C(=O)OCCCl)c1. The van der Waals surface area contributed by atoms with Crippen LogP contribution in [0.3, 0.4) is 0 Å². The van der Waals surface area contributed by atoms with Gasteiger partial charge in [0.2, 0.25) is 0 Å². The molecule has 8 aromatic carbocycles. The van der Waals surface area contributed by atoms with Gasteiger partial charge in [-0.2, -0.15) is 10.5 Å². The monoisotopic (exact) mass is 1580 g/mol. The number of fused-ring (bicyclic) bond motifs is 12. The van der Waals surface area contributed by atoms with Crippen LogP contribution in [-0.4, -0.2) is 131 Å². The largest absolute Gasteiger partial charge is 0.497 e. The van der Waals surface area contributed by atoms with Gasteiger partial charge in [-0.25, -0.2) is 19.2 Å². The molecule has 0 spiro atoms. The molecule has 106 heavy (non-hydrogen) atoms. The third kappa shape index (κ3) is 15.1. The molecule has 25 heteroatoms. The smallest absolute Gasteiger partial charge is 0.410 e. The summed E-state index contributed by atoms with van der Waals surface area (Å²) in [7, 11) is 4.43. The van der Waals surface area contributed by atoms with Gasteiger partial charge in [0, 0.05) is 117 Å². The number of benzene rings is 8. The maximum atomic E-state index is 12.8. The molecule has 0 saturated carbocycles. The van der Waals surface area contributed by atoms with Crippen LogP contribution in [0.5, 0.6) is 5.75 Å². The van der Waals surface area contributed by atoms with Gasteiger partial charge in [0.15, 0.2) is 0 Å². The van der Waals surface area contributed by atoms with Gasteiger partial charge < -0.3 is 43.6 Å². The first-order valence-electron chi connectivity index (χ1n) is 34.2. The van der Waals surface area contributed by atoms with Gasteiger partial charge in [-0.15, -0.1) is 11.6 Å². The second-order valence-corrected chi connectivity index (χ2v) is 28.5. The summed E-state index contributed by atoms with van der Waals surface area (Å²) in [6, 6.07) is 56.6. The molecule has 4 aliphatic heterocycles. The van der Waals surface area contributed by atoms with Gasteiger partial charge in [-0.05, 0) is 198 Å². The Morgan fingerprint density at radius 3 is 1.11 bits per heavy atom. The summed E-state index contributed by atoms with van der Waals surface area (Å²) < 4.78 is 27.0. The van der Waals surface area contributed by atoms with Gasteiger partial charge in [-0.3, -0.25) is 19.6 Å². The fourth-order valence-corrected chi connectivity index (χ4v) is 16.0. The van der Waals surface area contributed by atoms with Crippen molar-refractivity contribution in [2.45, 2.75) is 56.8 Å². The van der Waals surface area contributed by atoms with Crippen molar-refractivity contribution in [1.29, 1.82) is 10.5 Å². The van der Waals surface area contributed by atoms with Crippen LogP contribution in [0.15, 0.2) is 174 Å². The number of methoxy groups -OCH3 is 3. The number of hydrogen-bond donors (Lipinski definition) is 4. The highest BCUT2D eigenvalue weighted by Gasteiger charge is 2.40. The lowest BCUT2D eigenvalue weighted by molar-refractivity contribution is 0.0927. The molecule has 0 fully saturated rings. The number of nitrogens with one attached hydrogen (secondary N) is 4. The van der Waals surface area contributed by atoms with E-state index >= 15 is 0 Å². The molecule has 0 radical (unpaired) electrons. The second kappa shape index (κ2) is 32.6. The average Bonchev–Trinajstić information content (AvgIpc) is 1.62. The Bertz CT molecular complexity index is 5400. The molecule has 8 heterocycles. The van der Waals surface area contributed by atoms with Crippen LogP contribution in [0, 0.1) is 22.7 Å².